The minimum atomic E-state index is 1.19. The predicted molar refractivity (Wildman–Crippen MR) is 159 cm³/mol. The van der Waals surface area contributed by atoms with Crippen LogP contribution in [0.15, 0.2) is 140 Å². The minimum Gasteiger partial charge on any atom is -0.309 e. The Hall–Kier alpha value is -4.88. The molecule has 1 nitrogen and oxygen atoms in total. The summed E-state index contributed by atoms with van der Waals surface area (Å²) in [6.45, 7) is 0. The van der Waals surface area contributed by atoms with Crippen LogP contribution in [0.3, 0.4) is 0 Å². The first kappa shape index (κ1) is 20.3. The van der Waals surface area contributed by atoms with Crippen LogP contribution in [0, 0.1) is 0 Å². The summed E-state index contributed by atoms with van der Waals surface area (Å²) < 4.78 is 2.39. The van der Waals surface area contributed by atoms with Gasteiger partial charge in [0.1, 0.15) is 0 Å². The van der Waals surface area contributed by atoms with E-state index in [2.05, 4.69) is 144 Å². The van der Waals surface area contributed by atoms with Crippen molar-refractivity contribution < 1.29 is 0 Å². The van der Waals surface area contributed by atoms with Gasteiger partial charge >= 0.3 is 0 Å². The topological polar surface area (TPSA) is 4.93 Å². The maximum atomic E-state index is 2.39. The molecule has 0 atom stereocenters. The molecule has 0 radical (unpaired) electrons. The highest BCUT2D eigenvalue weighted by molar-refractivity contribution is 6.11. The molecule has 0 N–H and O–H groups in total. The van der Waals surface area contributed by atoms with Crippen molar-refractivity contribution in [1.82, 2.24) is 4.57 Å². The van der Waals surface area contributed by atoms with Gasteiger partial charge in [-0.2, -0.15) is 0 Å². The van der Waals surface area contributed by atoms with Gasteiger partial charge < -0.3 is 4.57 Å². The van der Waals surface area contributed by atoms with E-state index in [1.54, 1.807) is 0 Å². The van der Waals surface area contributed by atoms with Crippen LogP contribution < -0.4 is 0 Å². The lowest BCUT2D eigenvalue weighted by molar-refractivity contribution is 1.19. The van der Waals surface area contributed by atoms with E-state index in [9.17, 15) is 0 Å². The van der Waals surface area contributed by atoms with Crippen LogP contribution in [-0.4, -0.2) is 4.57 Å². The zero-order valence-electron chi connectivity index (χ0n) is 20.2. The SMILES string of the molecule is c1ccc2cc(-c3ccc4c(ccc5cc(-n6c7ccccc7c7ccccc76)ccc54)c3)ccc2c1. The van der Waals surface area contributed by atoms with E-state index in [0.717, 1.165) is 0 Å². The maximum absolute atomic E-state index is 2.39. The van der Waals surface area contributed by atoms with E-state index in [4.69, 9.17) is 0 Å². The van der Waals surface area contributed by atoms with Crippen molar-refractivity contribution >= 4 is 54.1 Å². The largest absolute Gasteiger partial charge is 0.309 e. The van der Waals surface area contributed by atoms with Gasteiger partial charge in [0, 0.05) is 16.5 Å². The molecule has 0 bridgehead atoms. The van der Waals surface area contributed by atoms with Gasteiger partial charge in [0.15, 0.2) is 0 Å². The van der Waals surface area contributed by atoms with Crippen LogP contribution in [0.1, 0.15) is 0 Å². The van der Waals surface area contributed by atoms with Crippen LogP contribution in [0.2, 0.25) is 0 Å². The van der Waals surface area contributed by atoms with Gasteiger partial charge in [-0.15, -0.1) is 0 Å². The Labute approximate surface area is 214 Å². The summed E-state index contributed by atoms with van der Waals surface area (Å²) in [6.07, 6.45) is 0. The molecule has 1 heterocycles. The minimum absolute atomic E-state index is 1.19. The highest BCUT2D eigenvalue weighted by Gasteiger charge is 2.12. The molecule has 0 fully saturated rings. The summed E-state index contributed by atoms with van der Waals surface area (Å²) in [5.41, 5.74) is 6.17. The van der Waals surface area contributed by atoms with Crippen molar-refractivity contribution in [2.24, 2.45) is 0 Å². The predicted octanol–water partition coefficient (Wildman–Crippen LogP) is 9.91. The highest BCUT2D eigenvalue weighted by atomic mass is 15.0. The summed E-state index contributed by atoms with van der Waals surface area (Å²) in [7, 11) is 0. The number of benzene rings is 7. The number of hydrogen-bond acceptors (Lipinski definition) is 0. The van der Waals surface area contributed by atoms with Gasteiger partial charge in [-0.3, -0.25) is 0 Å². The van der Waals surface area contributed by atoms with E-state index in [1.807, 2.05) is 0 Å². The lowest BCUT2D eigenvalue weighted by Gasteiger charge is -2.12. The van der Waals surface area contributed by atoms with Crippen molar-refractivity contribution in [1.29, 1.82) is 0 Å². The Balaban J connectivity index is 1.28. The summed E-state index contributed by atoms with van der Waals surface area (Å²) in [6, 6.07) is 50.9. The molecule has 0 aliphatic rings. The fourth-order valence-electron chi connectivity index (χ4n) is 5.95. The van der Waals surface area contributed by atoms with E-state index >= 15 is 0 Å². The van der Waals surface area contributed by atoms with E-state index < -0.39 is 0 Å². The Morgan fingerprint density at radius 1 is 0.324 bits per heavy atom. The van der Waals surface area contributed by atoms with Gasteiger partial charge in [0.05, 0.1) is 11.0 Å². The Morgan fingerprint density at radius 3 is 1.57 bits per heavy atom. The Morgan fingerprint density at radius 2 is 0.838 bits per heavy atom. The number of aromatic nitrogens is 1. The van der Waals surface area contributed by atoms with Crippen molar-refractivity contribution in [3.8, 4) is 16.8 Å². The quantitative estimate of drug-likeness (QED) is 0.222. The van der Waals surface area contributed by atoms with Crippen LogP contribution in [0.4, 0.5) is 0 Å². The van der Waals surface area contributed by atoms with E-state index in [1.165, 1.54) is 70.9 Å². The van der Waals surface area contributed by atoms with Gasteiger partial charge in [-0.25, -0.2) is 0 Å². The van der Waals surface area contributed by atoms with E-state index in [-0.39, 0.29) is 0 Å². The molecular weight excluding hydrogens is 446 g/mol. The first-order valence-electron chi connectivity index (χ1n) is 12.8. The number of nitrogens with zero attached hydrogens (tertiary/aromatic N) is 1. The maximum Gasteiger partial charge on any atom is 0.0541 e. The van der Waals surface area contributed by atoms with Crippen LogP contribution in [0.25, 0.3) is 70.9 Å². The number of fused-ring (bicyclic) bond motifs is 7. The Bertz CT molecular complexity index is 2090. The molecule has 1 heteroatoms. The lowest BCUT2D eigenvalue weighted by atomic mass is 9.96. The normalized spacial score (nSPS) is 11.8. The molecule has 0 spiro atoms. The van der Waals surface area contributed by atoms with Gasteiger partial charge in [-0.05, 0) is 79.8 Å². The number of hydrogen-bond donors (Lipinski definition) is 0. The second-order valence-corrected chi connectivity index (χ2v) is 9.84. The second kappa shape index (κ2) is 7.81. The van der Waals surface area contributed by atoms with Gasteiger partial charge in [0.25, 0.3) is 0 Å². The van der Waals surface area contributed by atoms with E-state index in [0.29, 0.717) is 0 Å². The average molecular weight is 470 g/mol. The fraction of sp³-hybridized carbons (Fsp3) is 0. The molecule has 0 unspecified atom stereocenters. The molecule has 0 saturated carbocycles. The van der Waals surface area contributed by atoms with Gasteiger partial charge in [0.2, 0.25) is 0 Å². The zero-order valence-corrected chi connectivity index (χ0v) is 20.2. The molecule has 172 valence electrons. The molecule has 0 amide bonds. The highest BCUT2D eigenvalue weighted by Crippen LogP contribution is 2.35. The van der Waals surface area contributed by atoms with Crippen molar-refractivity contribution in [2.75, 3.05) is 0 Å². The summed E-state index contributed by atoms with van der Waals surface area (Å²) >= 11 is 0. The van der Waals surface area contributed by atoms with Gasteiger partial charge in [-0.1, -0.05) is 103 Å². The zero-order chi connectivity index (χ0) is 24.3. The van der Waals surface area contributed by atoms with Crippen LogP contribution >= 0.6 is 0 Å². The fourth-order valence-corrected chi connectivity index (χ4v) is 5.95. The third kappa shape index (κ3) is 3.11. The van der Waals surface area contributed by atoms with Crippen molar-refractivity contribution in [3.05, 3.63) is 140 Å². The Kier molecular flexibility index (Phi) is 4.29. The third-order valence-corrected chi connectivity index (χ3v) is 7.74. The second-order valence-electron chi connectivity index (χ2n) is 9.84. The first-order chi connectivity index (χ1) is 18.3. The summed E-state index contributed by atoms with van der Waals surface area (Å²) in [4.78, 5) is 0. The third-order valence-electron chi connectivity index (χ3n) is 7.74. The summed E-state index contributed by atoms with van der Waals surface area (Å²) in [5, 5.41) is 10.2. The summed E-state index contributed by atoms with van der Waals surface area (Å²) in [5.74, 6) is 0. The standard InChI is InChI=1S/C36H23N/c1-2-8-25-21-26(14-13-24(25)7-1)27-17-19-31-28(22-27)15-16-29-23-30(18-20-32(29)31)37-35-11-5-3-9-33(35)34-10-4-6-12-36(34)37/h1-23H. The molecule has 0 aliphatic carbocycles. The molecule has 1 aromatic heterocycles. The number of rotatable bonds is 2. The van der Waals surface area contributed by atoms with Crippen LogP contribution in [0.5, 0.6) is 0 Å². The molecule has 0 saturated heterocycles. The molecule has 8 aromatic rings. The molecule has 8 rings (SSSR count). The van der Waals surface area contributed by atoms with Crippen molar-refractivity contribution in [2.45, 2.75) is 0 Å². The smallest absolute Gasteiger partial charge is 0.0541 e. The van der Waals surface area contributed by atoms with Crippen LogP contribution in [-0.2, 0) is 0 Å². The number of para-hydroxylation sites is 2. The molecular formula is C36H23N. The first-order valence-corrected chi connectivity index (χ1v) is 12.8. The molecule has 37 heavy (non-hydrogen) atoms. The molecule has 0 aliphatic heterocycles. The van der Waals surface area contributed by atoms with Crippen molar-refractivity contribution in [3.63, 3.8) is 0 Å². The molecule has 7 aromatic carbocycles. The monoisotopic (exact) mass is 469 g/mol. The average Bonchev–Trinajstić information content (AvgIpc) is 3.31. The lowest BCUT2D eigenvalue weighted by Crippen LogP contribution is -1.93.